The maximum Gasteiger partial charge on any atom is 0.271 e. The van der Waals surface area contributed by atoms with Crippen molar-refractivity contribution in [2.24, 2.45) is 0 Å². The Kier molecular flexibility index (Phi) is 3.65. The second kappa shape index (κ2) is 5.83. The molecule has 0 amide bonds. The number of aromatic nitrogens is 2. The van der Waals surface area contributed by atoms with E-state index in [-0.39, 0.29) is 5.56 Å². The van der Waals surface area contributed by atoms with Gasteiger partial charge in [-0.1, -0.05) is 17.7 Å². The first-order valence-electron chi connectivity index (χ1n) is 7.94. The number of rotatable bonds is 2. The topological polar surface area (TPSA) is 52.0 Å². The highest BCUT2D eigenvalue weighted by Gasteiger charge is 2.20. The highest BCUT2D eigenvalue weighted by Crippen LogP contribution is 2.35. The first-order chi connectivity index (χ1) is 11.7. The van der Waals surface area contributed by atoms with Crippen molar-refractivity contribution in [3.05, 3.63) is 67.6 Å². The lowest BCUT2D eigenvalue weighted by molar-refractivity contribution is 0.112. The molecular formula is C19H16N2O2S. The van der Waals surface area contributed by atoms with E-state index in [2.05, 4.69) is 5.10 Å². The minimum absolute atomic E-state index is 0.119. The second-order valence-corrected chi connectivity index (χ2v) is 7.23. The highest BCUT2D eigenvalue weighted by atomic mass is 32.1. The number of aldehydes is 1. The number of carbonyl (C=O) groups is 1. The fraction of sp³-hybridized carbons (Fsp3) is 0.211. The summed E-state index contributed by atoms with van der Waals surface area (Å²) in [5.41, 5.74) is 4.56. The second-order valence-electron chi connectivity index (χ2n) is 6.06. The summed E-state index contributed by atoms with van der Waals surface area (Å²) in [7, 11) is 0. The third-order valence-electron chi connectivity index (χ3n) is 4.34. The van der Waals surface area contributed by atoms with Gasteiger partial charge in [0.2, 0.25) is 0 Å². The Labute approximate surface area is 143 Å². The molecule has 4 rings (SSSR count). The molecule has 0 fully saturated rings. The summed E-state index contributed by atoms with van der Waals surface area (Å²) >= 11 is 1.52. The number of fused-ring (bicyclic) bond motifs is 3. The first kappa shape index (κ1) is 15.0. The third-order valence-corrected chi connectivity index (χ3v) is 5.46. The molecule has 0 radical (unpaired) electrons. The van der Waals surface area contributed by atoms with Crippen LogP contribution in [0.3, 0.4) is 0 Å². The Morgan fingerprint density at radius 1 is 1.17 bits per heavy atom. The zero-order valence-corrected chi connectivity index (χ0v) is 14.1. The Bertz CT molecular complexity index is 984. The first-order valence-corrected chi connectivity index (χ1v) is 8.76. The standard InChI is InChI=1S/C19H16N2O2S/c1-12-5-7-14(8-6-12)21-18(23)9-13-3-2-4-17-16(19(13)20-21)10-15(11-22)24-17/h5-11H,2-4H2,1H3. The quantitative estimate of drug-likeness (QED) is 0.672. The van der Waals surface area contributed by atoms with Crippen molar-refractivity contribution in [2.75, 3.05) is 0 Å². The summed E-state index contributed by atoms with van der Waals surface area (Å²) in [6, 6.07) is 11.3. The van der Waals surface area contributed by atoms with Gasteiger partial charge in [0.15, 0.2) is 6.29 Å². The molecule has 24 heavy (non-hydrogen) atoms. The van der Waals surface area contributed by atoms with Crippen molar-refractivity contribution < 1.29 is 4.79 Å². The van der Waals surface area contributed by atoms with Crippen molar-refractivity contribution in [1.82, 2.24) is 9.78 Å². The number of hydrogen-bond donors (Lipinski definition) is 0. The van der Waals surface area contributed by atoms with Crippen LogP contribution in [0.15, 0.2) is 41.2 Å². The van der Waals surface area contributed by atoms with Gasteiger partial charge in [0.25, 0.3) is 5.56 Å². The van der Waals surface area contributed by atoms with Crippen LogP contribution in [0.1, 0.15) is 32.1 Å². The van der Waals surface area contributed by atoms with Crippen LogP contribution >= 0.6 is 11.3 Å². The molecule has 0 bridgehead atoms. The van der Waals surface area contributed by atoms with Crippen LogP contribution in [0.2, 0.25) is 0 Å². The molecular weight excluding hydrogens is 320 g/mol. The van der Waals surface area contributed by atoms with Crippen molar-refractivity contribution in [2.45, 2.75) is 26.2 Å². The Hall–Kier alpha value is -2.53. The van der Waals surface area contributed by atoms with Gasteiger partial charge in [-0.2, -0.15) is 9.78 Å². The molecule has 1 aromatic carbocycles. The van der Waals surface area contributed by atoms with Gasteiger partial charge < -0.3 is 0 Å². The SMILES string of the molecule is Cc1ccc(-n2nc3c(cc2=O)CCCc2sc(C=O)cc2-3)cc1. The predicted molar refractivity (Wildman–Crippen MR) is 95.3 cm³/mol. The van der Waals surface area contributed by atoms with Crippen LogP contribution in [-0.4, -0.2) is 16.1 Å². The lowest BCUT2D eigenvalue weighted by Crippen LogP contribution is -2.22. The van der Waals surface area contributed by atoms with Gasteiger partial charge in [0.1, 0.15) is 0 Å². The van der Waals surface area contributed by atoms with Crippen molar-refractivity contribution in [3.8, 4) is 16.9 Å². The molecule has 0 N–H and O–H groups in total. The Morgan fingerprint density at radius 2 is 1.96 bits per heavy atom. The lowest BCUT2D eigenvalue weighted by atomic mass is 10.1. The third kappa shape index (κ3) is 2.51. The molecule has 0 spiro atoms. The zero-order chi connectivity index (χ0) is 16.7. The smallest absolute Gasteiger partial charge is 0.271 e. The average Bonchev–Trinajstić information content (AvgIpc) is 2.92. The van der Waals surface area contributed by atoms with Gasteiger partial charge in [-0.05, 0) is 49.9 Å². The van der Waals surface area contributed by atoms with Crippen molar-refractivity contribution in [3.63, 3.8) is 0 Å². The van der Waals surface area contributed by atoms with Gasteiger partial charge in [-0.25, -0.2) is 0 Å². The number of carbonyl (C=O) groups excluding carboxylic acids is 1. The zero-order valence-electron chi connectivity index (χ0n) is 13.3. The highest BCUT2D eigenvalue weighted by molar-refractivity contribution is 7.14. The normalized spacial score (nSPS) is 13.0. The number of benzene rings is 1. The van der Waals surface area contributed by atoms with E-state index in [9.17, 15) is 9.59 Å². The van der Waals surface area contributed by atoms with Crippen LogP contribution in [-0.2, 0) is 12.8 Å². The molecule has 0 saturated carbocycles. The predicted octanol–water partition coefficient (Wildman–Crippen LogP) is 3.57. The van der Waals surface area contributed by atoms with Crippen LogP contribution in [0.4, 0.5) is 0 Å². The van der Waals surface area contributed by atoms with Crippen LogP contribution in [0.5, 0.6) is 0 Å². The Morgan fingerprint density at radius 3 is 2.71 bits per heavy atom. The molecule has 0 atom stereocenters. The molecule has 1 aliphatic rings. The van der Waals surface area contributed by atoms with E-state index in [1.165, 1.54) is 20.9 Å². The number of nitrogens with zero attached hydrogens (tertiary/aromatic N) is 2. The maximum absolute atomic E-state index is 12.5. The molecule has 0 aliphatic heterocycles. The number of thiophene rings is 1. The number of aryl methyl sites for hydroxylation is 3. The van der Waals surface area contributed by atoms with Gasteiger partial charge >= 0.3 is 0 Å². The summed E-state index contributed by atoms with van der Waals surface area (Å²) in [5, 5.41) is 4.66. The minimum Gasteiger partial charge on any atom is -0.297 e. The van der Waals surface area contributed by atoms with E-state index in [0.717, 1.165) is 53.6 Å². The molecule has 0 unspecified atom stereocenters. The monoisotopic (exact) mass is 336 g/mol. The fourth-order valence-electron chi connectivity index (χ4n) is 3.11. The molecule has 0 saturated heterocycles. The summed E-state index contributed by atoms with van der Waals surface area (Å²) in [5.74, 6) is 0. The largest absolute Gasteiger partial charge is 0.297 e. The van der Waals surface area contributed by atoms with Gasteiger partial charge in [-0.3, -0.25) is 9.59 Å². The maximum atomic E-state index is 12.5. The molecule has 3 aromatic rings. The molecule has 2 heterocycles. The molecule has 1 aliphatic carbocycles. The molecule has 4 nitrogen and oxygen atoms in total. The average molecular weight is 336 g/mol. The lowest BCUT2D eigenvalue weighted by Gasteiger charge is -2.10. The van der Waals surface area contributed by atoms with E-state index < -0.39 is 0 Å². The number of hydrogen-bond acceptors (Lipinski definition) is 4. The summed E-state index contributed by atoms with van der Waals surface area (Å²) in [6.45, 7) is 2.01. The van der Waals surface area contributed by atoms with Crippen molar-refractivity contribution >= 4 is 17.6 Å². The summed E-state index contributed by atoms with van der Waals surface area (Å²) in [4.78, 5) is 25.5. The molecule has 120 valence electrons. The van der Waals surface area contributed by atoms with E-state index in [1.807, 2.05) is 37.3 Å². The van der Waals surface area contributed by atoms with Crippen LogP contribution in [0.25, 0.3) is 16.9 Å². The Balaban J connectivity index is 1.94. The molecule has 2 aromatic heterocycles. The molecule has 5 heteroatoms. The summed E-state index contributed by atoms with van der Waals surface area (Å²) < 4.78 is 1.45. The van der Waals surface area contributed by atoms with E-state index in [1.54, 1.807) is 6.07 Å². The van der Waals surface area contributed by atoms with Crippen molar-refractivity contribution in [1.29, 1.82) is 0 Å². The summed E-state index contributed by atoms with van der Waals surface area (Å²) in [6.07, 6.45) is 3.61. The minimum atomic E-state index is -0.119. The van der Waals surface area contributed by atoms with Gasteiger partial charge in [0.05, 0.1) is 16.3 Å². The van der Waals surface area contributed by atoms with E-state index >= 15 is 0 Å². The van der Waals surface area contributed by atoms with Gasteiger partial charge in [0, 0.05) is 16.5 Å². The van der Waals surface area contributed by atoms with E-state index in [0.29, 0.717) is 4.88 Å². The van der Waals surface area contributed by atoms with E-state index in [4.69, 9.17) is 0 Å². The fourth-order valence-corrected chi connectivity index (χ4v) is 4.13. The van der Waals surface area contributed by atoms with Crippen LogP contribution in [0, 0.1) is 6.92 Å². The van der Waals surface area contributed by atoms with Crippen LogP contribution < -0.4 is 5.56 Å². The van der Waals surface area contributed by atoms with Gasteiger partial charge in [-0.15, -0.1) is 11.3 Å².